The summed E-state index contributed by atoms with van der Waals surface area (Å²) >= 11 is 5.35. The van der Waals surface area contributed by atoms with E-state index in [1.807, 2.05) is 0 Å². The van der Waals surface area contributed by atoms with Gasteiger partial charge >= 0.3 is 5.97 Å². The van der Waals surface area contributed by atoms with Crippen LogP contribution in [0.3, 0.4) is 0 Å². The number of rotatable bonds is 6. The highest BCUT2D eigenvalue weighted by Crippen LogP contribution is 1.95. The second-order valence-electron chi connectivity index (χ2n) is 2.72. The van der Waals surface area contributed by atoms with Crippen LogP contribution in [-0.4, -0.2) is 39.2 Å². The van der Waals surface area contributed by atoms with Crippen LogP contribution in [0.5, 0.6) is 0 Å². The van der Waals surface area contributed by atoms with E-state index in [0.29, 0.717) is 6.42 Å². The average Bonchev–Trinajstić information content (AvgIpc) is 2.12. The Morgan fingerprint density at radius 3 is 2.57 bits per heavy atom. The molecule has 7 heteroatoms. The number of carbonyl (C=O) groups excluding carboxylic acids is 1. The van der Waals surface area contributed by atoms with Crippen LogP contribution in [0.1, 0.15) is 13.3 Å². The molecule has 0 aliphatic heterocycles. The van der Waals surface area contributed by atoms with E-state index in [2.05, 4.69) is 9.46 Å². The Balaban J connectivity index is 4.15. The predicted molar refractivity (Wildman–Crippen MR) is 53.7 cm³/mol. The molecule has 0 aromatic rings. The Hall–Kier alpha value is -0.330. The van der Waals surface area contributed by atoms with Gasteiger partial charge in [0.15, 0.2) is 0 Å². The Kier molecular flexibility index (Phi) is 6.06. The Labute approximate surface area is 88.8 Å². The molecule has 84 valence electrons. The van der Waals surface area contributed by atoms with Crippen LogP contribution in [0.25, 0.3) is 0 Å². The minimum absolute atomic E-state index is 0.0855. The van der Waals surface area contributed by atoms with Crippen molar-refractivity contribution in [3.8, 4) is 0 Å². The summed E-state index contributed by atoms with van der Waals surface area (Å²) in [6, 6.07) is -0.861. The fourth-order valence-electron chi connectivity index (χ4n) is 0.798. The lowest BCUT2D eigenvalue weighted by Crippen LogP contribution is -2.40. The van der Waals surface area contributed by atoms with Crippen LogP contribution in [-0.2, 0) is 19.6 Å². The molecule has 14 heavy (non-hydrogen) atoms. The Morgan fingerprint density at radius 2 is 2.14 bits per heavy atom. The zero-order valence-corrected chi connectivity index (χ0v) is 9.69. The van der Waals surface area contributed by atoms with Gasteiger partial charge < -0.3 is 4.74 Å². The lowest BCUT2D eigenvalue weighted by molar-refractivity contribution is -0.142. The fraction of sp³-hybridized carbons (Fsp3) is 0.857. The van der Waals surface area contributed by atoms with Gasteiger partial charge in [-0.1, -0.05) is 0 Å². The first-order chi connectivity index (χ1) is 6.43. The molecule has 0 spiro atoms. The van der Waals surface area contributed by atoms with Gasteiger partial charge in [-0.05, 0) is 13.3 Å². The molecular formula is C7H14ClNO4S. The molecule has 1 atom stereocenters. The van der Waals surface area contributed by atoms with Crippen LogP contribution in [0.15, 0.2) is 0 Å². The van der Waals surface area contributed by atoms with Crippen molar-refractivity contribution in [3.63, 3.8) is 0 Å². The van der Waals surface area contributed by atoms with Gasteiger partial charge in [-0.25, -0.2) is 13.1 Å². The van der Waals surface area contributed by atoms with E-state index < -0.39 is 22.0 Å². The standard InChI is InChI=1S/C7H14ClNO4S/c1-6(7(10)13-2)9-14(11,12)5-3-4-8/h6,9H,3-5H2,1-2H3/t6-/m0/s1. The summed E-state index contributed by atoms with van der Waals surface area (Å²) in [5, 5.41) is 0. The van der Waals surface area contributed by atoms with Gasteiger partial charge in [0.05, 0.1) is 12.9 Å². The number of alkyl halides is 1. The number of esters is 1. The van der Waals surface area contributed by atoms with Crippen molar-refractivity contribution in [3.05, 3.63) is 0 Å². The maximum absolute atomic E-state index is 11.2. The van der Waals surface area contributed by atoms with Crippen LogP contribution < -0.4 is 4.72 Å². The SMILES string of the molecule is COC(=O)[C@H](C)NS(=O)(=O)CCCCl. The summed E-state index contributed by atoms with van der Waals surface area (Å²) in [4.78, 5) is 10.9. The molecule has 0 aromatic carbocycles. The number of methoxy groups -OCH3 is 1. The number of sulfonamides is 1. The van der Waals surface area contributed by atoms with Crippen LogP contribution >= 0.6 is 11.6 Å². The second kappa shape index (κ2) is 6.21. The number of halogens is 1. The number of hydrogen-bond acceptors (Lipinski definition) is 4. The number of carbonyl (C=O) groups is 1. The van der Waals surface area contributed by atoms with Crippen molar-refractivity contribution in [1.29, 1.82) is 0 Å². The summed E-state index contributed by atoms with van der Waals surface area (Å²) in [5.41, 5.74) is 0. The van der Waals surface area contributed by atoms with E-state index >= 15 is 0 Å². The molecular weight excluding hydrogens is 230 g/mol. The normalized spacial score (nSPS) is 13.6. The molecule has 0 unspecified atom stereocenters. The van der Waals surface area contributed by atoms with E-state index in [-0.39, 0.29) is 11.6 Å². The molecule has 0 radical (unpaired) electrons. The van der Waals surface area contributed by atoms with E-state index in [1.165, 1.54) is 14.0 Å². The number of nitrogens with one attached hydrogen (secondary N) is 1. The lowest BCUT2D eigenvalue weighted by atomic mass is 10.4. The van der Waals surface area contributed by atoms with Gasteiger partial charge in [0.2, 0.25) is 10.0 Å². The number of ether oxygens (including phenoxy) is 1. The first kappa shape index (κ1) is 13.7. The third kappa shape index (κ3) is 5.41. The van der Waals surface area contributed by atoms with Gasteiger partial charge in [-0.2, -0.15) is 0 Å². The maximum atomic E-state index is 11.2. The maximum Gasteiger partial charge on any atom is 0.323 e. The summed E-state index contributed by atoms with van der Waals surface area (Å²) < 4.78 is 29.0. The molecule has 5 nitrogen and oxygen atoms in total. The zero-order valence-electron chi connectivity index (χ0n) is 8.12. The lowest BCUT2D eigenvalue weighted by Gasteiger charge is -2.11. The molecule has 0 saturated heterocycles. The predicted octanol–water partition coefficient (Wildman–Crippen LogP) is 0.0962. The van der Waals surface area contributed by atoms with Crippen LogP contribution in [0, 0.1) is 0 Å². The largest absolute Gasteiger partial charge is 0.468 e. The third-order valence-electron chi connectivity index (χ3n) is 1.46. The van der Waals surface area contributed by atoms with Crippen molar-refractivity contribution >= 4 is 27.6 Å². The van der Waals surface area contributed by atoms with Gasteiger partial charge in [-0.3, -0.25) is 4.79 Å². The van der Waals surface area contributed by atoms with Gasteiger partial charge in [-0.15, -0.1) is 11.6 Å². The molecule has 0 amide bonds. The average molecular weight is 244 g/mol. The van der Waals surface area contributed by atoms with Crippen molar-refractivity contribution in [1.82, 2.24) is 4.72 Å². The summed E-state index contributed by atoms with van der Waals surface area (Å²) in [6.45, 7) is 1.42. The Bertz CT molecular complexity index is 277. The highest BCUT2D eigenvalue weighted by Gasteiger charge is 2.19. The van der Waals surface area contributed by atoms with E-state index in [9.17, 15) is 13.2 Å². The van der Waals surface area contributed by atoms with Crippen LogP contribution in [0.2, 0.25) is 0 Å². The van der Waals surface area contributed by atoms with Gasteiger partial charge in [0, 0.05) is 5.88 Å². The van der Waals surface area contributed by atoms with Crippen LogP contribution in [0.4, 0.5) is 0 Å². The fourth-order valence-corrected chi connectivity index (χ4v) is 2.37. The molecule has 0 bridgehead atoms. The first-order valence-corrected chi connectivity index (χ1v) is 6.25. The van der Waals surface area contributed by atoms with Crippen molar-refractivity contribution in [2.24, 2.45) is 0 Å². The quantitative estimate of drug-likeness (QED) is 0.530. The monoisotopic (exact) mass is 243 g/mol. The second-order valence-corrected chi connectivity index (χ2v) is 4.98. The zero-order chi connectivity index (χ0) is 11.2. The third-order valence-corrected chi connectivity index (χ3v) is 3.26. The molecule has 0 aromatic heterocycles. The van der Waals surface area contributed by atoms with Crippen molar-refractivity contribution < 1.29 is 17.9 Å². The van der Waals surface area contributed by atoms with E-state index in [1.54, 1.807) is 0 Å². The van der Waals surface area contributed by atoms with E-state index in [4.69, 9.17) is 11.6 Å². The molecule has 0 aliphatic rings. The highest BCUT2D eigenvalue weighted by molar-refractivity contribution is 7.89. The first-order valence-electron chi connectivity index (χ1n) is 4.06. The molecule has 1 N–H and O–H groups in total. The van der Waals surface area contributed by atoms with Gasteiger partial charge in [0.1, 0.15) is 6.04 Å². The highest BCUT2D eigenvalue weighted by atomic mass is 35.5. The summed E-state index contributed by atoms with van der Waals surface area (Å²) in [7, 11) is -2.23. The minimum atomic E-state index is -3.43. The summed E-state index contributed by atoms with van der Waals surface area (Å²) in [5.74, 6) is -0.426. The van der Waals surface area contributed by atoms with Crippen molar-refractivity contribution in [2.45, 2.75) is 19.4 Å². The smallest absolute Gasteiger partial charge is 0.323 e. The summed E-state index contributed by atoms with van der Waals surface area (Å²) in [6.07, 6.45) is 0.352. The number of hydrogen-bond donors (Lipinski definition) is 1. The molecule has 0 heterocycles. The molecule has 0 saturated carbocycles. The van der Waals surface area contributed by atoms with Gasteiger partial charge in [0.25, 0.3) is 0 Å². The minimum Gasteiger partial charge on any atom is -0.468 e. The topological polar surface area (TPSA) is 72.5 Å². The molecule has 0 rings (SSSR count). The molecule has 0 fully saturated rings. The van der Waals surface area contributed by atoms with E-state index in [0.717, 1.165) is 0 Å². The molecule has 0 aliphatic carbocycles. The Morgan fingerprint density at radius 1 is 1.57 bits per heavy atom. The van der Waals surface area contributed by atoms with Crippen molar-refractivity contribution in [2.75, 3.05) is 18.7 Å².